The number of aliphatic hydroxyl groups is 1. The third kappa shape index (κ3) is 2.87. The van der Waals surface area contributed by atoms with Crippen LogP contribution in [0.3, 0.4) is 0 Å². The number of benzene rings is 1. The Labute approximate surface area is 129 Å². The van der Waals surface area contributed by atoms with Gasteiger partial charge in [-0.25, -0.2) is 0 Å². The van der Waals surface area contributed by atoms with Gasteiger partial charge in [0.25, 0.3) is 0 Å². The third-order valence-corrected chi connectivity index (χ3v) is 6.22. The molecule has 0 bridgehead atoms. The van der Waals surface area contributed by atoms with E-state index >= 15 is 0 Å². The first kappa shape index (κ1) is 14.7. The fourth-order valence-electron chi connectivity index (χ4n) is 3.32. The van der Waals surface area contributed by atoms with E-state index in [2.05, 4.69) is 0 Å². The van der Waals surface area contributed by atoms with E-state index in [0.29, 0.717) is 5.92 Å². The number of hydrogen-bond acceptors (Lipinski definition) is 3. The predicted molar refractivity (Wildman–Crippen MR) is 84.5 cm³/mol. The molecule has 0 aliphatic carbocycles. The van der Waals surface area contributed by atoms with Crippen LogP contribution >= 0.6 is 23.4 Å². The summed E-state index contributed by atoms with van der Waals surface area (Å²) < 4.78 is 6.03. The average molecular weight is 313 g/mol. The molecule has 110 valence electrons. The molecule has 1 N–H and O–H groups in total. The lowest BCUT2D eigenvalue weighted by Gasteiger charge is -2.39. The molecule has 0 radical (unpaired) electrons. The van der Waals surface area contributed by atoms with Crippen LogP contribution in [0.25, 0.3) is 0 Å². The van der Waals surface area contributed by atoms with Crippen LogP contribution in [0.5, 0.6) is 0 Å². The second-order valence-corrected chi connectivity index (χ2v) is 7.55. The van der Waals surface area contributed by atoms with Crippen LogP contribution in [0.4, 0.5) is 0 Å². The summed E-state index contributed by atoms with van der Waals surface area (Å²) in [7, 11) is 0. The number of thioether (sulfide) groups is 1. The van der Waals surface area contributed by atoms with Crippen LogP contribution in [0, 0.1) is 12.8 Å². The summed E-state index contributed by atoms with van der Waals surface area (Å²) in [6.45, 7) is 2.76. The number of aliphatic hydroxyl groups excluding tert-OH is 1. The summed E-state index contributed by atoms with van der Waals surface area (Å²) in [5.41, 5.74) is 2.04. The summed E-state index contributed by atoms with van der Waals surface area (Å²) in [5.74, 6) is 2.56. The molecule has 2 nitrogen and oxygen atoms in total. The molecule has 2 heterocycles. The Morgan fingerprint density at radius 2 is 2.35 bits per heavy atom. The second kappa shape index (κ2) is 5.88. The van der Waals surface area contributed by atoms with E-state index < -0.39 is 6.10 Å². The van der Waals surface area contributed by atoms with Crippen molar-refractivity contribution in [3.63, 3.8) is 0 Å². The summed E-state index contributed by atoms with van der Waals surface area (Å²) in [6.07, 6.45) is 2.64. The Kier molecular flexibility index (Phi) is 4.32. The zero-order valence-corrected chi connectivity index (χ0v) is 13.3. The minimum atomic E-state index is -0.405. The van der Waals surface area contributed by atoms with Gasteiger partial charge in [-0.3, -0.25) is 0 Å². The number of aryl methyl sites for hydroxylation is 1. The highest BCUT2D eigenvalue weighted by Crippen LogP contribution is 2.44. The van der Waals surface area contributed by atoms with Gasteiger partial charge >= 0.3 is 0 Å². The monoisotopic (exact) mass is 312 g/mol. The first-order valence-electron chi connectivity index (χ1n) is 7.25. The van der Waals surface area contributed by atoms with Crippen molar-refractivity contribution in [3.8, 4) is 0 Å². The van der Waals surface area contributed by atoms with Crippen LogP contribution in [-0.2, 0) is 4.74 Å². The molecule has 2 aliphatic heterocycles. The summed E-state index contributed by atoms with van der Waals surface area (Å²) >= 11 is 8.03. The maximum atomic E-state index is 10.7. The van der Waals surface area contributed by atoms with E-state index in [4.69, 9.17) is 16.3 Å². The van der Waals surface area contributed by atoms with Gasteiger partial charge < -0.3 is 9.84 Å². The second-order valence-electron chi connectivity index (χ2n) is 6.04. The first-order chi connectivity index (χ1) is 9.60. The van der Waals surface area contributed by atoms with Gasteiger partial charge in [0.05, 0.1) is 11.7 Å². The Balaban J connectivity index is 1.75. The molecule has 3 atom stereocenters. The highest BCUT2D eigenvalue weighted by atomic mass is 35.5. The Bertz CT molecular complexity index is 485. The van der Waals surface area contributed by atoms with Crippen molar-refractivity contribution in [1.29, 1.82) is 0 Å². The molecular formula is C16H21ClO2S. The van der Waals surface area contributed by atoms with Gasteiger partial charge in [-0.05, 0) is 55.1 Å². The average Bonchev–Trinajstić information content (AvgIpc) is 2.89. The first-order valence-corrected chi connectivity index (χ1v) is 8.79. The maximum absolute atomic E-state index is 10.7. The lowest BCUT2D eigenvalue weighted by molar-refractivity contribution is -0.102. The van der Waals surface area contributed by atoms with Crippen molar-refractivity contribution in [2.45, 2.75) is 37.9 Å². The minimum absolute atomic E-state index is 0.0238. The van der Waals surface area contributed by atoms with Gasteiger partial charge in [0.15, 0.2) is 0 Å². The molecule has 1 spiro atoms. The number of halogens is 1. The largest absolute Gasteiger partial charge is 0.388 e. The Morgan fingerprint density at radius 3 is 3.05 bits per heavy atom. The molecular weight excluding hydrogens is 292 g/mol. The van der Waals surface area contributed by atoms with Gasteiger partial charge in [0, 0.05) is 17.4 Å². The van der Waals surface area contributed by atoms with E-state index in [1.165, 1.54) is 5.75 Å². The molecule has 0 amide bonds. The van der Waals surface area contributed by atoms with Crippen molar-refractivity contribution >= 4 is 23.4 Å². The van der Waals surface area contributed by atoms with Crippen molar-refractivity contribution in [2.75, 3.05) is 18.1 Å². The van der Waals surface area contributed by atoms with E-state index in [1.54, 1.807) is 0 Å². The molecule has 2 aliphatic rings. The Morgan fingerprint density at radius 1 is 1.50 bits per heavy atom. The molecule has 1 aromatic carbocycles. The predicted octanol–water partition coefficient (Wildman–Crippen LogP) is 3.98. The van der Waals surface area contributed by atoms with E-state index in [-0.39, 0.29) is 5.60 Å². The van der Waals surface area contributed by atoms with E-state index in [0.717, 1.165) is 47.8 Å². The fourth-order valence-corrected chi connectivity index (χ4v) is 4.82. The highest BCUT2D eigenvalue weighted by Gasteiger charge is 2.42. The van der Waals surface area contributed by atoms with E-state index in [9.17, 15) is 5.11 Å². The zero-order valence-electron chi connectivity index (χ0n) is 11.8. The maximum Gasteiger partial charge on any atom is 0.0820 e. The highest BCUT2D eigenvalue weighted by molar-refractivity contribution is 7.99. The van der Waals surface area contributed by atoms with Gasteiger partial charge in [-0.15, -0.1) is 0 Å². The molecule has 3 unspecified atom stereocenters. The lowest BCUT2D eigenvalue weighted by Crippen LogP contribution is -2.41. The van der Waals surface area contributed by atoms with Crippen LogP contribution in [0.1, 0.15) is 36.5 Å². The van der Waals surface area contributed by atoms with E-state index in [1.807, 2.05) is 36.9 Å². The third-order valence-electron chi connectivity index (χ3n) is 4.57. The SMILES string of the molecule is Cc1cc(C(O)C2CCOC3(CCSC3)C2)ccc1Cl. The molecule has 2 fully saturated rings. The standard InChI is InChI=1S/C16H21ClO2S/c1-11-8-12(2-3-14(11)17)15(18)13-4-6-19-16(9-13)5-7-20-10-16/h2-3,8,13,15,18H,4-7,9-10H2,1H3. The van der Waals surface area contributed by atoms with Gasteiger partial charge in [0.1, 0.15) is 0 Å². The number of rotatable bonds is 2. The van der Waals surface area contributed by atoms with Gasteiger partial charge in [0.2, 0.25) is 0 Å². The molecule has 0 saturated carbocycles. The quantitative estimate of drug-likeness (QED) is 0.895. The smallest absolute Gasteiger partial charge is 0.0820 e. The van der Waals surface area contributed by atoms with Crippen LogP contribution < -0.4 is 0 Å². The number of hydrogen-bond donors (Lipinski definition) is 1. The fraction of sp³-hybridized carbons (Fsp3) is 0.625. The summed E-state index contributed by atoms with van der Waals surface area (Å²) in [6, 6.07) is 5.85. The van der Waals surface area contributed by atoms with Crippen molar-refractivity contribution in [3.05, 3.63) is 34.3 Å². The molecule has 1 aromatic rings. The molecule has 4 heteroatoms. The molecule has 2 saturated heterocycles. The summed E-state index contributed by atoms with van der Waals surface area (Å²) in [5, 5.41) is 11.5. The van der Waals surface area contributed by atoms with Crippen molar-refractivity contribution in [1.82, 2.24) is 0 Å². The van der Waals surface area contributed by atoms with Gasteiger partial charge in [-0.1, -0.05) is 23.7 Å². The lowest BCUT2D eigenvalue weighted by atomic mass is 9.80. The van der Waals surface area contributed by atoms with Crippen molar-refractivity contribution in [2.24, 2.45) is 5.92 Å². The number of ether oxygens (including phenoxy) is 1. The van der Waals surface area contributed by atoms with Crippen LogP contribution in [0.2, 0.25) is 5.02 Å². The topological polar surface area (TPSA) is 29.5 Å². The molecule has 3 rings (SSSR count). The van der Waals surface area contributed by atoms with Gasteiger partial charge in [-0.2, -0.15) is 11.8 Å². The molecule has 0 aromatic heterocycles. The Hall–Kier alpha value is -0.220. The minimum Gasteiger partial charge on any atom is -0.388 e. The molecule has 20 heavy (non-hydrogen) atoms. The van der Waals surface area contributed by atoms with Crippen LogP contribution in [0.15, 0.2) is 18.2 Å². The zero-order chi connectivity index (χ0) is 14.2. The van der Waals surface area contributed by atoms with Crippen LogP contribution in [-0.4, -0.2) is 28.8 Å². The summed E-state index contributed by atoms with van der Waals surface area (Å²) in [4.78, 5) is 0. The normalized spacial score (nSPS) is 31.6. The van der Waals surface area contributed by atoms with Crippen molar-refractivity contribution < 1.29 is 9.84 Å².